The van der Waals surface area contributed by atoms with Crippen LogP contribution < -0.4 is 9.64 Å². The number of aliphatic carboxylic acids is 1. The molecule has 0 spiro atoms. The van der Waals surface area contributed by atoms with Crippen LogP contribution in [0, 0.1) is 11.2 Å². The van der Waals surface area contributed by atoms with Crippen molar-refractivity contribution in [2.45, 2.75) is 20.8 Å². The number of rotatable bonds is 6. The molecule has 0 aliphatic rings. The van der Waals surface area contributed by atoms with E-state index in [4.69, 9.17) is 9.84 Å². The summed E-state index contributed by atoms with van der Waals surface area (Å²) in [4.78, 5) is 12.8. The highest BCUT2D eigenvalue weighted by molar-refractivity contribution is 5.74. The lowest BCUT2D eigenvalue weighted by atomic mass is 9.93. The molecule has 0 amide bonds. The molecular formula is C14H20FNO3. The SMILES string of the molecule is CCOc1ccc(N(C)CC(C)(C)C(=O)O)cc1F. The smallest absolute Gasteiger partial charge is 0.310 e. The minimum Gasteiger partial charge on any atom is -0.491 e. The molecule has 0 atom stereocenters. The third-order valence-corrected chi connectivity index (χ3v) is 2.87. The first-order valence-electron chi connectivity index (χ1n) is 6.15. The average Bonchev–Trinajstić information content (AvgIpc) is 2.31. The molecule has 1 rings (SSSR count). The van der Waals surface area contributed by atoms with Gasteiger partial charge in [0.15, 0.2) is 11.6 Å². The van der Waals surface area contributed by atoms with E-state index < -0.39 is 17.2 Å². The summed E-state index contributed by atoms with van der Waals surface area (Å²) in [5.74, 6) is -1.12. The van der Waals surface area contributed by atoms with Crippen LogP contribution in [0.5, 0.6) is 5.75 Å². The van der Waals surface area contributed by atoms with Crippen LogP contribution in [0.15, 0.2) is 18.2 Å². The van der Waals surface area contributed by atoms with Crippen LogP contribution in [0.4, 0.5) is 10.1 Å². The normalized spacial score (nSPS) is 11.2. The third kappa shape index (κ3) is 3.84. The van der Waals surface area contributed by atoms with Gasteiger partial charge in [-0.1, -0.05) is 0 Å². The Morgan fingerprint density at radius 2 is 2.11 bits per heavy atom. The molecule has 4 nitrogen and oxygen atoms in total. The monoisotopic (exact) mass is 269 g/mol. The second-order valence-electron chi connectivity index (χ2n) is 5.09. The topological polar surface area (TPSA) is 49.8 Å². The molecule has 0 saturated heterocycles. The molecule has 5 heteroatoms. The van der Waals surface area contributed by atoms with Crippen molar-refractivity contribution in [3.8, 4) is 5.75 Å². The fourth-order valence-electron chi connectivity index (χ4n) is 1.75. The Morgan fingerprint density at radius 3 is 2.58 bits per heavy atom. The van der Waals surface area contributed by atoms with E-state index in [-0.39, 0.29) is 12.3 Å². The van der Waals surface area contributed by atoms with Crippen LogP contribution in [0.25, 0.3) is 0 Å². The standard InChI is InChI=1S/C14H20FNO3/c1-5-19-12-7-6-10(8-11(12)15)16(4)9-14(2,3)13(17)18/h6-8H,5,9H2,1-4H3,(H,17,18). The molecule has 0 aromatic heterocycles. The molecule has 106 valence electrons. The molecule has 0 unspecified atom stereocenters. The van der Waals surface area contributed by atoms with E-state index in [1.807, 2.05) is 0 Å². The van der Waals surface area contributed by atoms with Crippen molar-refractivity contribution in [1.82, 2.24) is 0 Å². The van der Waals surface area contributed by atoms with Crippen molar-refractivity contribution < 1.29 is 19.0 Å². The third-order valence-electron chi connectivity index (χ3n) is 2.87. The quantitative estimate of drug-likeness (QED) is 0.862. The van der Waals surface area contributed by atoms with Crippen molar-refractivity contribution in [3.05, 3.63) is 24.0 Å². The number of anilines is 1. The lowest BCUT2D eigenvalue weighted by Gasteiger charge is -2.28. The molecule has 0 fully saturated rings. The molecule has 0 aliphatic heterocycles. The van der Waals surface area contributed by atoms with Crippen LogP contribution in [0.3, 0.4) is 0 Å². The number of halogens is 1. The van der Waals surface area contributed by atoms with E-state index in [1.165, 1.54) is 6.07 Å². The van der Waals surface area contributed by atoms with E-state index in [0.717, 1.165) is 0 Å². The molecule has 1 aromatic rings. The van der Waals surface area contributed by atoms with Crippen molar-refractivity contribution in [3.63, 3.8) is 0 Å². The summed E-state index contributed by atoms with van der Waals surface area (Å²) in [6.07, 6.45) is 0. The van der Waals surface area contributed by atoms with Gasteiger partial charge in [0.05, 0.1) is 12.0 Å². The number of nitrogens with zero attached hydrogens (tertiary/aromatic N) is 1. The van der Waals surface area contributed by atoms with Crippen molar-refractivity contribution in [1.29, 1.82) is 0 Å². The lowest BCUT2D eigenvalue weighted by molar-refractivity contribution is -0.146. The highest BCUT2D eigenvalue weighted by atomic mass is 19.1. The Bertz CT molecular complexity index is 460. The van der Waals surface area contributed by atoms with Gasteiger partial charge in [0.2, 0.25) is 0 Å². The van der Waals surface area contributed by atoms with Crippen LogP contribution in [-0.2, 0) is 4.79 Å². The molecule has 0 radical (unpaired) electrons. The summed E-state index contributed by atoms with van der Waals surface area (Å²) >= 11 is 0. The Hall–Kier alpha value is -1.78. The van der Waals surface area contributed by atoms with Gasteiger partial charge in [-0.3, -0.25) is 4.79 Å². The number of carboxylic acids is 1. The second kappa shape index (κ2) is 5.91. The zero-order chi connectivity index (χ0) is 14.6. The predicted molar refractivity (Wildman–Crippen MR) is 72.3 cm³/mol. The Balaban J connectivity index is 2.86. The van der Waals surface area contributed by atoms with Gasteiger partial charge in [-0.2, -0.15) is 0 Å². The average molecular weight is 269 g/mol. The van der Waals surface area contributed by atoms with Crippen LogP contribution in [0.2, 0.25) is 0 Å². The lowest BCUT2D eigenvalue weighted by Crippen LogP contribution is -2.37. The Morgan fingerprint density at radius 1 is 1.47 bits per heavy atom. The Labute approximate surface area is 112 Å². The van der Waals surface area contributed by atoms with Crippen molar-refractivity contribution in [2.75, 3.05) is 25.1 Å². The first-order valence-corrected chi connectivity index (χ1v) is 6.15. The summed E-state index contributed by atoms with van der Waals surface area (Å²) in [6, 6.07) is 4.62. The van der Waals surface area contributed by atoms with Crippen LogP contribution in [-0.4, -0.2) is 31.3 Å². The summed E-state index contributed by atoms with van der Waals surface area (Å²) in [5.41, 5.74) is -0.278. The molecule has 1 N–H and O–H groups in total. The largest absolute Gasteiger partial charge is 0.491 e. The maximum atomic E-state index is 13.7. The van der Waals surface area contributed by atoms with Gasteiger partial charge in [0.1, 0.15) is 0 Å². The van der Waals surface area contributed by atoms with Gasteiger partial charge < -0.3 is 14.7 Å². The van der Waals surface area contributed by atoms with Gasteiger partial charge >= 0.3 is 5.97 Å². The number of hydrogen-bond donors (Lipinski definition) is 1. The summed E-state index contributed by atoms with van der Waals surface area (Å²) in [6.45, 7) is 5.75. The number of benzene rings is 1. The molecule has 0 saturated carbocycles. The minimum atomic E-state index is -0.899. The highest BCUT2D eigenvalue weighted by Crippen LogP contribution is 2.26. The number of carboxylic acid groups (broad SMARTS) is 1. The van der Waals surface area contributed by atoms with Gasteiger partial charge in [-0.05, 0) is 32.9 Å². The van der Waals surface area contributed by atoms with Gasteiger partial charge in [0, 0.05) is 25.3 Å². The molecule has 1 aromatic carbocycles. The van der Waals surface area contributed by atoms with Crippen LogP contribution in [0.1, 0.15) is 20.8 Å². The molecule has 0 heterocycles. The summed E-state index contributed by atoms with van der Waals surface area (Å²) in [5, 5.41) is 9.08. The van der Waals surface area contributed by atoms with Crippen LogP contribution >= 0.6 is 0 Å². The predicted octanol–water partition coefficient (Wildman–Crippen LogP) is 2.77. The zero-order valence-corrected chi connectivity index (χ0v) is 11.7. The maximum absolute atomic E-state index is 13.7. The first kappa shape index (κ1) is 15.3. The molecule has 0 bridgehead atoms. The van der Waals surface area contributed by atoms with E-state index in [9.17, 15) is 9.18 Å². The summed E-state index contributed by atoms with van der Waals surface area (Å²) < 4.78 is 18.8. The van der Waals surface area contributed by atoms with Crippen molar-refractivity contribution >= 4 is 11.7 Å². The highest BCUT2D eigenvalue weighted by Gasteiger charge is 2.29. The number of hydrogen-bond acceptors (Lipinski definition) is 3. The second-order valence-corrected chi connectivity index (χ2v) is 5.09. The van der Waals surface area contributed by atoms with Gasteiger partial charge in [-0.15, -0.1) is 0 Å². The fourth-order valence-corrected chi connectivity index (χ4v) is 1.75. The van der Waals surface area contributed by atoms with E-state index in [2.05, 4.69) is 0 Å². The zero-order valence-electron chi connectivity index (χ0n) is 11.7. The van der Waals surface area contributed by atoms with Gasteiger partial charge in [0.25, 0.3) is 0 Å². The fraction of sp³-hybridized carbons (Fsp3) is 0.500. The number of ether oxygens (including phenoxy) is 1. The minimum absolute atomic E-state index is 0.206. The molecular weight excluding hydrogens is 249 g/mol. The molecule has 19 heavy (non-hydrogen) atoms. The number of carbonyl (C=O) groups is 1. The Kier molecular flexibility index (Phi) is 4.75. The first-order chi connectivity index (χ1) is 8.77. The van der Waals surface area contributed by atoms with E-state index in [0.29, 0.717) is 12.3 Å². The summed E-state index contributed by atoms with van der Waals surface area (Å²) in [7, 11) is 1.74. The van der Waals surface area contributed by atoms with E-state index in [1.54, 1.807) is 44.9 Å². The van der Waals surface area contributed by atoms with E-state index >= 15 is 0 Å². The maximum Gasteiger partial charge on any atom is 0.310 e. The molecule has 0 aliphatic carbocycles. The van der Waals surface area contributed by atoms with Gasteiger partial charge in [-0.25, -0.2) is 4.39 Å². The van der Waals surface area contributed by atoms with Crippen molar-refractivity contribution in [2.24, 2.45) is 5.41 Å².